The minimum Gasteiger partial charge on any atom is -0.489 e. The number of nitrogens with one attached hydrogen (secondary N) is 1. The molecule has 142 valence electrons. The summed E-state index contributed by atoms with van der Waals surface area (Å²) >= 11 is 17.7. The number of hydrogen-bond acceptors (Lipinski definition) is 3. The Kier molecular flexibility index (Phi) is 6.93. The average molecular weight is 434 g/mol. The highest BCUT2D eigenvalue weighted by atomic mass is 35.5. The van der Waals surface area contributed by atoms with Crippen molar-refractivity contribution >= 4 is 46.9 Å². The van der Waals surface area contributed by atoms with Crippen molar-refractivity contribution in [3.05, 3.63) is 98.5 Å². The highest BCUT2D eigenvalue weighted by Crippen LogP contribution is 2.23. The summed E-state index contributed by atoms with van der Waals surface area (Å²) in [6, 6.07) is 19.2. The van der Waals surface area contributed by atoms with E-state index in [4.69, 9.17) is 39.5 Å². The van der Waals surface area contributed by atoms with Gasteiger partial charge in [0.1, 0.15) is 12.4 Å². The van der Waals surface area contributed by atoms with Gasteiger partial charge in [0.25, 0.3) is 5.91 Å². The average Bonchev–Trinajstić information content (AvgIpc) is 2.70. The molecule has 3 aromatic carbocycles. The van der Waals surface area contributed by atoms with Gasteiger partial charge in [-0.1, -0.05) is 53.0 Å². The molecular formula is C21H15Cl3N2O2. The van der Waals surface area contributed by atoms with Crippen LogP contribution in [0.4, 0.5) is 0 Å². The lowest BCUT2D eigenvalue weighted by Crippen LogP contribution is -2.17. The number of carbonyl (C=O) groups excluding carboxylic acids is 1. The number of rotatable bonds is 6. The summed E-state index contributed by atoms with van der Waals surface area (Å²) in [6.07, 6.45) is 1.54. The molecule has 1 amide bonds. The number of amides is 1. The molecule has 0 aliphatic rings. The van der Waals surface area contributed by atoms with Gasteiger partial charge in [0.05, 0.1) is 16.3 Å². The number of halogens is 3. The SMILES string of the molecule is O=C(N/N=C/c1cccc(OCc2ccc(Cl)c(Cl)c2)c1)c1ccc(Cl)cc1. The first-order valence-electron chi connectivity index (χ1n) is 8.27. The molecule has 3 rings (SSSR count). The third-order valence-corrected chi connectivity index (χ3v) is 4.72. The Hall–Kier alpha value is -2.53. The first-order chi connectivity index (χ1) is 13.5. The molecule has 0 aliphatic carbocycles. The Labute approximate surface area is 177 Å². The molecular weight excluding hydrogens is 419 g/mol. The van der Waals surface area contributed by atoms with Crippen molar-refractivity contribution in [2.45, 2.75) is 6.61 Å². The maximum absolute atomic E-state index is 12.0. The van der Waals surface area contributed by atoms with Gasteiger partial charge < -0.3 is 4.74 Å². The van der Waals surface area contributed by atoms with Gasteiger partial charge in [0, 0.05) is 10.6 Å². The van der Waals surface area contributed by atoms with E-state index in [1.165, 1.54) is 0 Å². The third-order valence-electron chi connectivity index (χ3n) is 3.73. The monoisotopic (exact) mass is 432 g/mol. The molecule has 28 heavy (non-hydrogen) atoms. The van der Waals surface area contributed by atoms with Crippen LogP contribution in [0, 0.1) is 0 Å². The number of carbonyl (C=O) groups is 1. The fourth-order valence-electron chi connectivity index (χ4n) is 2.31. The minimum absolute atomic E-state index is 0.320. The zero-order chi connectivity index (χ0) is 19.9. The molecule has 4 nitrogen and oxygen atoms in total. The van der Waals surface area contributed by atoms with Crippen LogP contribution in [0.25, 0.3) is 0 Å². The lowest BCUT2D eigenvalue weighted by atomic mass is 10.2. The van der Waals surface area contributed by atoms with Gasteiger partial charge in [-0.3, -0.25) is 4.79 Å². The first-order valence-corrected chi connectivity index (χ1v) is 9.40. The Morgan fingerprint density at radius 1 is 0.964 bits per heavy atom. The van der Waals surface area contributed by atoms with Crippen LogP contribution >= 0.6 is 34.8 Å². The number of hydrazone groups is 1. The molecule has 0 heterocycles. The fraction of sp³-hybridized carbons (Fsp3) is 0.0476. The predicted octanol–water partition coefficient (Wildman–Crippen LogP) is 5.99. The molecule has 0 fully saturated rings. The Balaban J connectivity index is 1.58. The number of benzene rings is 3. The van der Waals surface area contributed by atoms with E-state index in [1.54, 1.807) is 42.6 Å². The van der Waals surface area contributed by atoms with Gasteiger partial charge in [0.2, 0.25) is 0 Å². The summed E-state index contributed by atoms with van der Waals surface area (Å²) < 4.78 is 5.77. The van der Waals surface area contributed by atoms with Crippen LogP contribution in [0.2, 0.25) is 15.1 Å². The highest BCUT2D eigenvalue weighted by Gasteiger charge is 2.04. The molecule has 0 radical (unpaired) electrons. The van der Waals surface area contributed by atoms with Crippen LogP contribution in [-0.2, 0) is 6.61 Å². The van der Waals surface area contributed by atoms with E-state index in [9.17, 15) is 4.79 Å². The van der Waals surface area contributed by atoms with Crippen molar-refractivity contribution in [2.75, 3.05) is 0 Å². The van der Waals surface area contributed by atoms with Crippen molar-refractivity contribution < 1.29 is 9.53 Å². The molecule has 0 saturated carbocycles. The Morgan fingerprint density at radius 3 is 2.50 bits per heavy atom. The molecule has 0 unspecified atom stereocenters. The van der Waals surface area contributed by atoms with Gasteiger partial charge in [-0.05, 0) is 59.7 Å². The molecule has 0 saturated heterocycles. The summed E-state index contributed by atoms with van der Waals surface area (Å²) in [6.45, 7) is 0.352. The van der Waals surface area contributed by atoms with Crippen molar-refractivity contribution in [1.29, 1.82) is 0 Å². The van der Waals surface area contributed by atoms with Crippen LogP contribution < -0.4 is 10.2 Å². The largest absolute Gasteiger partial charge is 0.489 e. The summed E-state index contributed by atoms with van der Waals surface area (Å²) in [7, 11) is 0. The maximum Gasteiger partial charge on any atom is 0.271 e. The maximum atomic E-state index is 12.0. The predicted molar refractivity (Wildman–Crippen MR) is 114 cm³/mol. The van der Waals surface area contributed by atoms with Crippen molar-refractivity contribution in [3.8, 4) is 5.75 Å². The lowest BCUT2D eigenvalue weighted by molar-refractivity contribution is 0.0955. The molecule has 0 bridgehead atoms. The van der Waals surface area contributed by atoms with Crippen molar-refractivity contribution in [1.82, 2.24) is 5.43 Å². The summed E-state index contributed by atoms with van der Waals surface area (Å²) in [4.78, 5) is 12.0. The Bertz CT molecular complexity index is 1000. The highest BCUT2D eigenvalue weighted by molar-refractivity contribution is 6.42. The number of nitrogens with zero attached hydrogens (tertiary/aromatic N) is 1. The Morgan fingerprint density at radius 2 is 1.75 bits per heavy atom. The molecule has 0 aliphatic heterocycles. The second-order valence-corrected chi connectivity index (χ2v) is 7.07. The summed E-state index contributed by atoms with van der Waals surface area (Å²) in [5.74, 6) is 0.346. The molecule has 0 aromatic heterocycles. The van der Waals surface area contributed by atoms with Crippen LogP contribution in [0.1, 0.15) is 21.5 Å². The van der Waals surface area contributed by atoms with E-state index in [-0.39, 0.29) is 5.91 Å². The van der Waals surface area contributed by atoms with Gasteiger partial charge in [-0.25, -0.2) is 5.43 Å². The van der Waals surface area contributed by atoms with Gasteiger partial charge in [-0.2, -0.15) is 5.10 Å². The van der Waals surface area contributed by atoms with Crippen LogP contribution in [0.3, 0.4) is 0 Å². The molecule has 0 spiro atoms. The second-order valence-electron chi connectivity index (χ2n) is 5.82. The molecule has 3 aromatic rings. The normalized spacial score (nSPS) is 10.8. The quantitative estimate of drug-likeness (QED) is 0.383. The van der Waals surface area contributed by atoms with E-state index in [1.807, 2.05) is 30.3 Å². The van der Waals surface area contributed by atoms with Crippen LogP contribution in [0.5, 0.6) is 5.75 Å². The van der Waals surface area contributed by atoms with E-state index in [0.717, 1.165) is 11.1 Å². The zero-order valence-electron chi connectivity index (χ0n) is 14.5. The summed E-state index contributed by atoms with van der Waals surface area (Å²) in [5, 5.41) is 5.53. The standard InChI is InChI=1S/C21H15Cl3N2O2/c22-17-7-5-16(6-8-17)21(27)26-25-12-14-2-1-3-18(10-14)28-13-15-4-9-19(23)20(24)11-15/h1-12H,13H2,(H,26,27)/b25-12+. The lowest BCUT2D eigenvalue weighted by Gasteiger charge is -2.08. The molecule has 0 atom stereocenters. The zero-order valence-corrected chi connectivity index (χ0v) is 16.8. The van der Waals surface area contributed by atoms with E-state index >= 15 is 0 Å². The fourth-order valence-corrected chi connectivity index (χ4v) is 2.76. The van der Waals surface area contributed by atoms with E-state index < -0.39 is 0 Å². The van der Waals surface area contributed by atoms with Crippen molar-refractivity contribution in [2.24, 2.45) is 5.10 Å². The second kappa shape index (κ2) is 9.60. The first kappa shape index (κ1) is 20.2. The molecule has 1 N–H and O–H groups in total. The van der Waals surface area contributed by atoms with Crippen LogP contribution in [0.15, 0.2) is 71.8 Å². The van der Waals surface area contributed by atoms with Gasteiger partial charge >= 0.3 is 0 Å². The van der Waals surface area contributed by atoms with E-state index in [0.29, 0.717) is 33.0 Å². The van der Waals surface area contributed by atoms with E-state index in [2.05, 4.69) is 10.5 Å². The van der Waals surface area contributed by atoms with Gasteiger partial charge in [0.15, 0.2) is 0 Å². The molecule has 7 heteroatoms. The number of hydrogen-bond donors (Lipinski definition) is 1. The topological polar surface area (TPSA) is 50.7 Å². The minimum atomic E-state index is -0.320. The van der Waals surface area contributed by atoms with Crippen LogP contribution in [-0.4, -0.2) is 12.1 Å². The van der Waals surface area contributed by atoms with Crippen molar-refractivity contribution in [3.63, 3.8) is 0 Å². The third kappa shape index (κ3) is 5.73. The number of ether oxygens (including phenoxy) is 1. The van der Waals surface area contributed by atoms with Gasteiger partial charge in [-0.15, -0.1) is 0 Å². The summed E-state index contributed by atoms with van der Waals surface area (Å²) in [5.41, 5.74) is 4.63. The smallest absolute Gasteiger partial charge is 0.271 e.